The van der Waals surface area contributed by atoms with E-state index in [0.29, 0.717) is 4.90 Å². The Morgan fingerprint density at radius 3 is 2.59 bits per heavy atom. The van der Waals surface area contributed by atoms with E-state index in [1.807, 2.05) is 19.9 Å². The molecule has 1 saturated carbocycles. The molecule has 1 unspecified atom stereocenters. The second-order valence-electron chi connectivity index (χ2n) is 5.03. The number of nitrogens with one attached hydrogen (secondary N) is 1. The fraction of sp³-hybridized carbons (Fsp3) is 0.500. The molecular formula is C12H18N2O2S. The molecule has 0 bridgehead atoms. The van der Waals surface area contributed by atoms with Crippen LogP contribution in [0.1, 0.15) is 38.3 Å². The van der Waals surface area contributed by atoms with Crippen LogP contribution in [0.15, 0.2) is 29.2 Å². The summed E-state index contributed by atoms with van der Waals surface area (Å²) >= 11 is 0. The Labute approximate surface area is 102 Å². The summed E-state index contributed by atoms with van der Waals surface area (Å²) < 4.78 is 26.9. The topological polar surface area (TPSA) is 72.2 Å². The lowest BCUT2D eigenvalue weighted by molar-refractivity contribution is 0.558. The first-order chi connectivity index (χ1) is 7.82. The SMILES string of the molecule is CC(N)c1cccc(S(=O)(=O)NC2(C)CC2)c1. The number of hydrogen-bond acceptors (Lipinski definition) is 3. The molecule has 3 N–H and O–H groups in total. The third-order valence-electron chi connectivity index (χ3n) is 3.07. The first-order valence-corrected chi connectivity index (χ1v) is 7.20. The molecule has 1 aromatic rings. The number of rotatable bonds is 4. The van der Waals surface area contributed by atoms with Gasteiger partial charge in [0.1, 0.15) is 0 Å². The van der Waals surface area contributed by atoms with Crippen LogP contribution in [0.5, 0.6) is 0 Å². The Morgan fingerprint density at radius 2 is 2.06 bits per heavy atom. The molecule has 0 amide bonds. The van der Waals surface area contributed by atoms with Gasteiger partial charge >= 0.3 is 0 Å². The van der Waals surface area contributed by atoms with Crippen LogP contribution in [-0.2, 0) is 10.0 Å². The van der Waals surface area contributed by atoms with Crippen molar-refractivity contribution in [3.05, 3.63) is 29.8 Å². The highest BCUT2D eigenvalue weighted by atomic mass is 32.2. The van der Waals surface area contributed by atoms with Crippen molar-refractivity contribution in [2.24, 2.45) is 5.73 Å². The van der Waals surface area contributed by atoms with Crippen LogP contribution in [0, 0.1) is 0 Å². The van der Waals surface area contributed by atoms with E-state index in [0.717, 1.165) is 18.4 Å². The van der Waals surface area contributed by atoms with Crippen LogP contribution in [0.4, 0.5) is 0 Å². The van der Waals surface area contributed by atoms with Crippen LogP contribution in [0.2, 0.25) is 0 Å². The number of sulfonamides is 1. The molecule has 1 aliphatic carbocycles. The third-order valence-corrected chi connectivity index (χ3v) is 4.71. The van der Waals surface area contributed by atoms with Crippen molar-refractivity contribution in [1.29, 1.82) is 0 Å². The van der Waals surface area contributed by atoms with Crippen molar-refractivity contribution >= 4 is 10.0 Å². The molecule has 1 atom stereocenters. The molecular weight excluding hydrogens is 236 g/mol. The maximum Gasteiger partial charge on any atom is 0.241 e. The predicted octanol–water partition coefficient (Wildman–Crippen LogP) is 1.54. The van der Waals surface area contributed by atoms with E-state index in [2.05, 4.69) is 4.72 Å². The highest BCUT2D eigenvalue weighted by Crippen LogP contribution is 2.36. The molecule has 17 heavy (non-hydrogen) atoms. The normalized spacial score (nSPS) is 19.9. The zero-order valence-corrected chi connectivity index (χ0v) is 10.9. The van der Waals surface area contributed by atoms with E-state index in [1.165, 1.54) is 0 Å². The van der Waals surface area contributed by atoms with Crippen molar-refractivity contribution in [3.8, 4) is 0 Å². The summed E-state index contributed by atoms with van der Waals surface area (Å²) in [5.74, 6) is 0. The quantitative estimate of drug-likeness (QED) is 0.856. The van der Waals surface area contributed by atoms with Gasteiger partial charge in [-0.2, -0.15) is 0 Å². The van der Waals surface area contributed by atoms with Crippen LogP contribution < -0.4 is 10.5 Å². The lowest BCUT2D eigenvalue weighted by Gasteiger charge is -2.13. The van der Waals surface area contributed by atoms with Crippen LogP contribution >= 0.6 is 0 Å². The van der Waals surface area contributed by atoms with Crippen molar-refractivity contribution in [2.45, 2.75) is 43.2 Å². The Balaban J connectivity index is 2.29. The molecule has 94 valence electrons. The summed E-state index contributed by atoms with van der Waals surface area (Å²) in [6.07, 6.45) is 1.80. The number of nitrogens with two attached hydrogens (primary N) is 1. The summed E-state index contributed by atoms with van der Waals surface area (Å²) in [4.78, 5) is 0.292. The molecule has 1 aliphatic rings. The highest BCUT2D eigenvalue weighted by Gasteiger charge is 2.41. The zero-order valence-electron chi connectivity index (χ0n) is 10.1. The zero-order chi connectivity index (χ0) is 12.7. The van der Waals surface area contributed by atoms with Crippen LogP contribution in [0.3, 0.4) is 0 Å². The monoisotopic (exact) mass is 254 g/mol. The second-order valence-corrected chi connectivity index (χ2v) is 6.71. The van der Waals surface area contributed by atoms with Crippen LogP contribution in [-0.4, -0.2) is 14.0 Å². The van der Waals surface area contributed by atoms with E-state index >= 15 is 0 Å². The summed E-state index contributed by atoms with van der Waals surface area (Å²) in [5.41, 5.74) is 6.33. The Bertz CT molecular complexity index is 519. The molecule has 0 radical (unpaired) electrons. The summed E-state index contributed by atoms with van der Waals surface area (Å²) in [7, 11) is -3.42. The molecule has 0 aliphatic heterocycles. The minimum Gasteiger partial charge on any atom is -0.324 e. The maximum absolute atomic E-state index is 12.1. The standard InChI is InChI=1S/C12H18N2O2S/c1-9(13)10-4-3-5-11(8-10)17(15,16)14-12(2)6-7-12/h3-5,8-9,14H,6-7,13H2,1-2H3. The van der Waals surface area contributed by atoms with E-state index in [-0.39, 0.29) is 11.6 Å². The van der Waals surface area contributed by atoms with E-state index in [1.54, 1.807) is 18.2 Å². The van der Waals surface area contributed by atoms with E-state index in [4.69, 9.17) is 5.73 Å². The lowest BCUT2D eigenvalue weighted by Crippen LogP contribution is -2.34. The van der Waals surface area contributed by atoms with E-state index < -0.39 is 10.0 Å². The number of hydrogen-bond donors (Lipinski definition) is 2. The molecule has 0 aromatic heterocycles. The summed E-state index contributed by atoms with van der Waals surface area (Å²) in [6.45, 7) is 3.75. The van der Waals surface area contributed by atoms with Gasteiger partial charge < -0.3 is 5.73 Å². The Kier molecular flexibility index (Phi) is 3.01. The fourth-order valence-electron chi connectivity index (χ4n) is 1.64. The highest BCUT2D eigenvalue weighted by molar-refractivity contribution is 7.89. The molecule has 0 saturated heterocycles. The first kappa shape index (κ1) is 12.5. The van der Waals surface area contributed by atoms with Crippen molar-refractivity contribution in [2.75, 3.05) is 0 Å². The molecule has 1 aromatic carbocycles. The average Bonchev–Trinajstić information content (AvgIpc) is 2.95. The van der Waals surface area contributed by atoms with Gasteiger partial charge in [0, 0.05) is 11.6 Å². The maximum atomic E-state index is 12.1. The molecule has 0 heterocycles. The van der Waals surface area contributed by atoms with Crippen molar-refractivity contribution in [1.82, 2.24) is 4.72 Å². The van der Waals surface area contributed by atoms with Gasteiger partial charge in [0.25, 0.3) is 0 Å². The minimum atomic E-state index is -3.42. The Morgan fingerprint density at radius 1 is 1.41 bits per heavy atom. The summed E-state index contributed by atoms with van der Waals surface area (Å²) in [6, 6.07) is 6.63. The van der Waals surface area contributed by atoms with Crippen molar-refractivity contribution < 1.29 is 8.42 Å². The number of benzene rings is 1. The van der Waals surface area contributed by atoms with Gasteiger partial charge in [-0.15, -0.1) is 0 Å². The smallest absolute Gasteiger partial charge is 0.241 e. The summed E-state index contributed by atoms with van der Waals surface area (Å²) in [5, 5.41) is 0. The fourth-order valence-corrected chi connectivity index (χ4v) is 3.16. The van der Waals surface area contributed by atoms with Gasteiger partial charge in [0.15, 0.2) is 0 Å². The first-order valence-electron chi connectivity index (χ1n) is 5.72. The molecule has 5 heteroatoms. The largest absolute Gasteiger partial charge is 0.324 e. The molecule has 4 nitrogen and oxygen atoms in total. The average molecular weight is 254 g/mol. The van der Waals surface area contributed by atoms with Crippen molar-refractivity contribution in [3.63, 3.8) is 0 Å². The molecule has 2 rings (SSSR count). The minimum absolute atomic E-state index is 0.165. The molecule has 0 spiro atoms. The van der Waals surface area contributed by atoms with E-state index in [9.17, 15) is 8.42 Å². The van der Waals surface area contributed by atoms with Gasteiger partial charge in [-0.05, 0) is 44.4 Å². The Hall–Kier alpha value is -0.910. The third kappa shape index (κ3) is 2.86. The van der Waals surface area contributed by atoms with Gasteiger partial charge in [-0.25, -0.2) is 13.1 Å². The lowest BCUT2D eigenvalue weighted by atomic mass is 10.1. The molecule has 1 fully saturated rings. The van der Waals surface area contributed by atoms with Gasteiger partial charge in [0.2, 0.25) is 10.0 Å². The predicted molar refractivity (Wildman–Crippen MR) is 67.0 cm³/mol. The van der Waals surface area contributed by atoms with Crippen LogP contribution in [0.25, 0.3) is 0 Å². The second kappa shape index (κ2) is 4.08. The van der Waals surface area contributed by atoms with Gasteiger partial charge in [-0.1, -0.05) is 12.1 Å². The van der Waals surface area contributed by atoms with Gasteiger partial charge in [-0.3, -0.25) is 0 Å². The van der Waals surface area contributed by atoms with Gasteiger partial charge in [0.05, 0.1) is 4.90 Å².